The molecule has 0 aliphatic heterocycles. The summed E-state index contributed by atoms with van der Waals surface area (Å²) < 4.78 is 6.65. The SMILES string of the molecule is Cc1ccnc2oc(-c3cccc(Br)c3)nc12. The van der Waals surface area contributed by atoms with E-state index in [9.17, 15) is 0 Å². The molecule has 0 spiro atoms. The lowest BCUT2D eigenvalue weighted by molar-refractivity contribution is 0.608. The van der Waals surface area contributed by atoms with Crippen molar-refractivity contribution in [2.24, 2.45) is 0 Å². The van der Waals surface area contributed by atoms with Crippen LogP contribution in [0.2, 0.25) is 0 Å². The van der Waals surface area contributed by atoms with Gasteiger partial charge >= 0.3 is 0 Å². The van der Waals surface area contributed by atoms with Crippen molar-refractivity contribution in [3.63, 3.8) is 0 Å². The van der Waals surface area contributed by atoms with Crippen LogP contribution in [-0.4, -0.2) is 9.97 Å². The van der Waals surface area contributed by atoms with Gasteiger partial charge in [-0.05, 0) is 36.8 Å². The van der Waals surface area contributed by atoms with E-state index < -0.39 is 0 Å². The minimum atomic E-state index is 0.583. The molecule has 0 atom stereocenters. The van der Waals surface area contributed by atoms with Gasteiger partial charge in [0.25, 0.3) is 0 Å². The monoisotopic (exact) mass is 288 g/mol. The van der Waals surface area contributed by atoms with Crippen LogP contribution in [0.15, 0.2) is 45.4 Å². The van der Waals surface area contributed by atoms with E-state index in [1.807, 2.05) is 37.3 Å². The molecule has 0 amide bonds. The Kier molecular flexibility index (Phi) is 2.44. The van der Waals surface area contributed by atoms with Gasteiger partial charge in [-0.1, -0.05) is 22.0 Å². The Morgan fingerprint density at radius 1 is 1.24 bits per heavy atom. The lowest BCUT2D eigenvalue weighted by Crippen LogP contribution is -1.79. The summed E-state index contributed by atoms with van der Waals surface area (Å²) in [7, 11) is 0. The first kappa shape index (κ1) is 10.5. The Labute approximate surface area is 107 Å². The average molecular weight is 289 g/mol. The molecule has 84 valence electrons. The Balaban J connectivity index is 2.22. The van der Waals surface area contributed by atoms with Crippen LogP contribution in [0.5, 0.6) is 0 Å². The number of benzene rings is 1. The molecular weight excluding hydrogens is 280 g/mol. The number of fused-ring (bicyclic) bond motifs is 1. The van der Waals surface area contributed by atoms with Crippen LogP contribution in [0.1, 0.15) is 5.56 Å². The fourth-order valence-electron chi connectivity index (χ4n) is 1.70. The summed E-state index contributed by atoms with van der Waals surface area (Å²) in [5, 5.41) is 0. The van der Waals surface area contributed by atoms with Crippen molar-refractivity contribution in [1.82, 2.24) is 9.97 Å². The molecule has 0 N–H and O–H groups in total. The summed E-state index contributed by atoms with van der Waals surface area (Å²) in [5.74, 6) is 0.600. The van der Waals surface area contributed by atoms with Crippen LogP contribution in [0, 0.1) is 6.92 Å². The van der Waals surface area contributed by atoms with E-state index in [0.29, 0.717) is 11.6 Å². The van der Waals surface area contributed by atoms with Gasteiger partial charge in [0.05, 0.1) is 0 Å². The van der Waals surface area contributed by atoms with E-state index in [4.69, 9.17) is 4.42 Å². The molecule has 3 aromatic rings. The largest absolute Gasteiger partial charge is 0.418 e. The molecule has 2 heterocycles. The van der Waals surface area contributed by atoms with Crippen LogP contribution >= 0.6 is 15.9 Å². The highest BCUT2D eigenvalue weighted by Gasteiger charge is 2.10. The van der Waals surface area contributed by atoms with Crippen LogP contribution in [0.25, 0.3) is 22.7 Å². The van der Waals surface area contributed by atoms with Crippen LogP contribution < -0.4 is 0 Å². The van der Waals surface area contributed by atoms with Gasteiger partial charge in [0.1, 0.15) is 5.52 Å². The van der Waals surface area contributed by atoms with Crippen molar-refractivity contribution in [2.45, 2.75) is 6.92 Å². The van der Waals surface area contributed by atoms with E-state index >= 15 is 0 Å². The number of nitrogens with zero attached hydrogens (tertiary/aromatic N) is 2. The topological polar surface area (TPSA) is 38.9 Å². The second kappa shape index (κ2) is 3.96. The van der Waals surface area contributed by atoms with Crippen molar-refractivity contribution >= 4 is 27.2 Å². The van der Waals surface area contributed by atoms with Gasteiger partial charge in [0.2, 0.25) is 11.6 Å². The summed E-state index contributed by atoms with van der Waals surface area (Å²) >= 11 is 3.43. The minimum absolute atomic E-state index is 0.583. The lowest BCUT2D eigenvalue weighted by atomic mass is 10.2. The maximum Gasteiger partial charge on any atom is 0.247 e. The first-order chi connectivity index (χ1) is 8.24. The molecule has 0 aliphatic carbocycles. The van der Waals surface area contributed by atoms with Crippen molar-refractivity contribution in [3.05, 3.63) is 46.6 Å². The van der Waals surface area contributed by atoms with E-state index in [1.165, 1.54) is 0 Å². The molecule has 0 bridgehead atoms. The molecule has 3 rings (SSSR count). The predicted octanol–water partition coefficient (Wildman–Crippen LogP) is 3.96. The van der Waals surface area contributed by atoms with E-state index in [2.05, 4.69) is 25.9 Å². The molecule has 4 heteroatoms. The van der Waals surface area contributed by atoms with Gasteiger partial charge < -0.3 is 4.42 Å². The molecular formula is C13H9BrN2O. The number of aryl methyl sites for hydroxylation is 1. The Morgan fingerprint density at radius 2 is 2.12 bits per heavy atom. The first-order valence-corrected chi connectivity index (χ1v) is 6.01. The third-order valence-electron chi connectivity index (χ3n) is 2.57. The molecule has 0 saturated carbocycles. The third kappa shape index (κ3) is 1.85. The lowest BCUT2D eigenvalue weighted by Gasteiger charge is -1.94. The fraction of sp³-hybridized carbons (Fsp3) is 0.0769. The normalized spacial score (nSPS) is 10.9. The van der Waals surface area contributed by atoms with Gasteiger partial charge in [0, 0.05) is 16.2 Å². The van der Waals surface area contributed by atoms with Gasteiger partial charge in [-0.15, -0.1) is 0 Å². The maximum absolute atomic E-state index is 5.65. The number of hydrogen-bond donors (Lipinski definition) is 0. The fourth-order valence-corrected chi connectivity index (χ4v) is 2.10. The summed E-state index contributed by atoms with van der Waals surface area (Å²) in [6.07, 6.45) is 1.73. The van der Waals surface area contributed by atoms with Gasteiger partial charge in [-0.25, -0.2) is 9.97 Å². The second-order valence-corrected chi connectivity index (χ2v) is 4.73. The zero-order valence-corrected chi connectivity index (χ0v) is 10.7. The zero-order valence-electron chi connectivity index (χ0n) is 9.14. The molecule has 0 fully saturated rings. The van der Waals surface area contributed by atoms with Gasteiger partial charge in [-0.2, -0.15) is 0 Å². The molecule has 0 radical (unpaired) electrons. The van der Waals surface area contributed by atoms with Gasteiger partial charge in [-0.3, -0.25) is 0 Å². The van der Waals surface area contributed by atoms with Crippen molar-refractivity contribution in [2.75, 3.05) is 0 Å². The molecule has 3 nitrogen and oxygen atoms in total. The summed E-state index contributed by atoms with van der Waals surface area (Å²) in [5.41, 5.74) is 3.42. The Bertz CT molecular complexity index is 691. The van der Waals surface area contributed by atoms with E-state index in [-0.39, 0.29) is 0 Å². The summed E-state index contributed by atoms with van der Waals surface area (Å²) in [6.45, 7) is 2.00. The Hall–Kier alpha value is -1.68. The van der Waals surface area contributed by atoms with Crippen molar-refractivity contribution in [1.29, 1.82) is 0 Å². The number of pyridine rings is 1. The predicted molar refractivity (Wildman–Crippen MR) is 69.7 cm³/mol. The third-order valence-corrected chi connectivity index (χ3v) is 3.06. The average Bonchev–Trinajstić information content (AvgIpc) is 2.74. The molecule has 0 aliphatic rings. The van der Waals surface area contributed by atoms with Crippen molar-refractivity contribution in [3.8, 4) is 11.5 Å². The second-order valence-electron chi connectivity index (χ2n) is 3.81. The quantitative estimate of drug-likeness (QED) is 0.680. The molecule has 2 aromatic heterocycles. The molecule has 0 saturated heterocycles. The van der Waals surface area contributed by atoms with Crippen LogP contribution in [-0.2, 0) is 0 Å². The van der Waals surface area contributed by atoms with E-state index in [1.54, 1.807) is 6.20 Å². The number of hydrogen-bond acceptors (Lipinski definition) is 3. The highest BCUT2D eigenvalue weighted by Crippen LogP contribution is 2.26. The number of aromatic nitrogens is 2. The highest BCUT2D eigenvalue weighted by molar-refractivity contribution is 9.10. The minimum Gasteiger partial charge on any atom is -0.418 e. The van der Waals surface area contributed by atoms with E-state index in [0.717, 1.165) is 21.1 Å². The van der Waals surface area contributed by atoms with Crippen LogP contribution in [0.4, 0.5) is 0 Å². The number of rotatable bonds is 1. The van der Waals surface area contributed by atoms with Crippen LogP contribution in [0.3, 0.4) is 0 Å². The Morgan fingerprint density at radius 3 is 2.88 bits per heavy atom. The molecule has 1 aromatic carbocycles. The standard InChI is InChI=1S/C13H9BrN2O/c1-8-5-6-15-13-11(8)16-12(17-13)9-3-2-4-10(14)7-9/h2-7H,1H3. The molecule has 17 heavy (non-hydrogen) atoms. The van der Waals surface area contributed by atoms with Crippen molar-refractivity contribution < 1.29 is 4.42 Å². The van der Waals surface area contributed by atoms with Gasteiger partial charge in [0.15, 0.2) is 0 Å². The zero-order chi connectivity index (χ0) is 11.8. The summed E-state index contributed by atoms with van der Waals surface area (Å²) in [6, 6.07) is 9.78. The first-order valence-electron chi connectivity index (χ1n) is 5.22. The smallest absolute Gasteiger partial charge is 0.247 e. The number of halogens is 1. The highest BCUT2D eigenvalue weighted by atomic mass is 79.9. The number of oxazole rings is 1. The maximum atomic E-state index is 5.65. The molecule has 0 unspecified atom stereocenters. The summed E-state index contributed by atoms with van der Waals surface area (Å²) in [4.78, 5) is 8.64.